The molecule has 0 aliphatic heterocycles. The van der Waals surface area contributed by atoms with E-state index in [1.165, 1.54) is 16.9 Å². The molecule has 0 bridgehead atoms. The first-order valence-corrected chi connectivity index (χ1v) is 8.55. The van der Waals surface area contributed by atoms with Gasteiger partial charge in [-0.1, -0.05) is 30.3 Å². The van der Waals surface area contributed by atoms with Crippen LogP contribution in [0.2, 0.25) is 0 Å². The maximum absolute atomic E-state index is 11.9. The summed E-state index contributed by atoms with van der Waals surface area (Å²) in [6, 6.07) is 14.6. The molecule has 0 atom stereocenters. The standard InChI is InChI=1S/C16H16N2O5S/c19-15(13-4-2-1-3-5-13)17-11-10-12-6-8-14(9-7-12)24(22,23)18-16(20)21/h1-9,18H,10-11H2,(H,17,19)(H,20,21). The van der Waals surface area contributed by atoms with Gasteiger partial charge in [-0.2, -0.15) is 0 Å². The van der Waals surface area contributed by atoms with Gasteiger partial charge in [0.05, 0.1) is 4.90 Å². The molecule has 0 aliphatic carbocycles. The zero-order valence-electron chi connectivity index (χ0n) is 12.6. The van der Waals surface area contributed by atoms with Gasteiger partial charge in [0.1, 0.15) is 0 Å². The van der Waals surface area contributed by atoms with Crippen molar-refractivity contribution in [2.24, 2.45) is 0 Å². The first kappa shape index (κ1) is 17.5. The zero-order valence-corrected chi connectivity index (χ0v) is 13.4. The third-order valence-electron chi connectivity index (χ3n) is 3.19. The number of carbonyl (C=O) groups excluding carboxylic acids is 1. The minimum absolute atomic E-state index is 0.137. The molecule has 2 aromatic rings. The van der Waals surface area contributed by atoms with E-state index in [0.29, 0.717) is 18.5 Å². The predicted octanol–water partition coefficient (Wildman–Crippen LogP) is 1.62. The Kier molecular flexibility index (Phi) is 5.54. The van der Waals surface area contributed by atoms with Crippen LogP contribution in [0.25, 0.3) is 0 Å². The number of carbonyl (C=O) groups is 2. The fourth-order valence-electron chi connectivity index (χ4n) is 2.02. The quantitative estimate of drug-likeness (QED) is 0.734. The third kappa shape index (κ3) is 4.82. The summed E-state index contributed by atoms with van der Waals surface area (Å²) in [4.78, 5) is 22.2. The number of nitrogens with one attached hydrogen (secondary N) is 2. The van der Waals surface area contributed by atoms with Gasteiger partial charge in [-0.3, -0.25) is 4.79 Å². The summed E-state index contributed by atoms with van der Waals surface area (Å²) >= 11 is 0. The normalized spacial score (nSPS) is 10.8. The van der Waals surface area contributed by atoms with Gasteiger partial charge in [-0.05, 0) is 36.2 Å². The third-order valence-corrected chi connectivity index (χ3v) is 4.53. The zero-order chi connectivity index (χ0) is 17.6. The molecule has 0 saturated carbocycles. The van der Waals surface area contributed by atoms with Crippen LogP contribution in [0.1, 0.15) is 15.9 Å². The van der Waals surface area contributed by atoms with Gasteiger partial charge >= 0.3 is 6.09 Å². The second kappa shape index (κ2) is 7.60. The lowest BCUT2D eigenvalue weighted by Crippen LogP contribution is -2.28. The van der Waals surface area contributed by atoms with E-state index in [1.807, 2.05) is 6.07 Å². The van der Waals surface area contributed by atoms with E-state index in [-0.39, 0.29) is 10.8 Å². The van der Waals surface area contributed by atoms with Crippen LogP contribution in [0.3, 0.4) is 0 Å². The van der Waals surface area contributed by atoms with Gasteiger partial charge in [0, 0.05) is 12.1 Å². The molecule has 3 N–H and O–H groups in total. The number of hydrogen-bond donors (Lipinski definition) is 3. The molecule has 0 heterocycles. The predicted molar refractivity (Wildman–Crippen MR) is 87.3 cm³/mol. The fraction of sp³-hybridized carbons (Fsp3) is 0.125. The minimum atomic E-state index is -4.07. The molecule has 0 saturated heterocycles. The van der Waals surface area contributed by atoms with Gasteiger partial charge in [0.25, 0.3) is 15.9 Å². The van der Waals surface area contributed by atoms with Crippen molar-refractivity contribution < 1.29 is 23.1 Å². The van der Waals surface area contributed by atoms with Crippen molar-refractivity contribution in [2.75, 3.05) is 6.54 Å². The van der Waals surface area contributed by atoms with Crippen LogP contribution in [0, 0.1) is 0 Å². The second-order valence-corrected chi connectivity index (χ2v) is 6.61. The van der Waals surface area contributed by atoms with Crippen LogP contribution >= 0.6 is 0 Å². The van der Waals surface area contributed by atoms with E-state index in [1.54, 1.807) is 36.4 Å². The number of rotatable bonds is 6. The molecule has 0 spiro atoms. The van der Waals surface area contributed by atoms with E-state index in [2.05, 4.69) is 5.32 Å². The molecular formula is C16H16N2O5S. The molecule has 8 heteroatoms. The van der Waals surface area contributed by atoms with Gasteiger partial charge in [0.15, 0.2) is 0 Å². The number of carboxylic acid groups (broad SMARTS) is 1. The second-order valence-electron chi connectivity index (χ2n) is 4.93. The molecule has 0 radical (unpaired) electrons. The van der Waals surface area contributed by atoms with Crippen LogP contribution in [0.15, 0.2) is 59.5 Å². The minimum Gasteiger partial charge on any atom is -0.464 e. The summed E-state index contributed by atoms with van der Waals surface area (Å²) in [5, 5.41) is 11.3. The van der Waals surface area contributed by atoms with E-state index >= 15 is 0 Å². The Morgan fingerprint density at radius 2 is 1.58 bits per heavy atom. The average Bonchev–Trinajstić information content (AvgIpc) is 2.55. The topological polar surface area (TPSA) is 113 Å². The van der Waals surface area contributed by atoms with E-state index in [4.69, 9.17) is 5.11 Å². The largest absolute Gasteiger partial charge is 0.464 e. The summed E-state index contributed by atoms with van der Waals surface area (Å²) in [6.45, 7) is 0.396. The summed E-state index contributed by atoms with van der Waals surface area (Å²) in [6.07, 6.45) is -1.12. The molecule has 2 aromatic carbocycles. The van der Waals surface area contributed by atoms with Crippen LogP contribution in [0.4, 0.5) is 4.79 Å². The van der Waals surface area contributed by atoms with Gasteiger partial charge in [0.2, 0.25) is 0 Å². The number of sulfonamides is 1. The lowest BCUT2D eigenvalue weighted by Gasteiger charge is -2.07. The van der Waals surface area contributed by atoms with Crippen molar-refractivity contribution in [1.29, 1.82) is 0 Å². The van der Waals surface area contributed by atoms with E-state index < -0.39 is 16.1 Å². The fourth-order valence-corrected chi connectivity index (χ4v) is 2.86. The first-order chi connectivity index (χ1) is 11.4. The smallest absolute Gasteiger partial charge is 0.418 e. The van der Waals surface area contributed by atoms with Crippen molar-refractivity contribution in [3.05, 3.63) is 65.7 Å². The molecule has 126 valence electrons. The molecule has 24 heavy (non-hydrogen) atoms. The summed E-state index contributed by atoms with van der Waals surface area (Å²) in [5.41, 5.74) is 1.39. The Hall–Kier alpha value is -2.87. The Balaban J connectivity index is 1.91. The number of benzene rings is 2. The van der Waals surface area contributed by atoms with E-state index in [9.17, 15) is 18.0 Å². The highest BCUT2D eigenvalue weighted by molar-refractivity contribution is 7.90. The first-order valence-electron chi connectivity index (χ1n) is 7.06. The number of amides is 2. The van der Waals surface area contributed by atoms with Crippen LogP contribution < -0.4 is 10.0 Å². The SMILES string of the molecule is O=C(O)NS(=O)(=O)c1ccc(CCNC(=O)c2ccccc2)cc1. The molecule has 0 aliphatic rings. The Morgan fingerprint density at radius 1 is 0.958 bits per heavy atom. The molecule has 2 rings (SSSR count). The van der Waals surface area contributed by atoms with Crippen molar-refractivity contribution in [2.45, 2.75) is 11.3 Å². The Bertz CT molecular complexity index is 817. The average molecular weight is 348 g/mol. The molecule has 7 nitrogen and oxygen atoms in total. The van der Waals surface area contributed by atoms with Crippen molar-refractivity contribution in [3.8, 4) is 0 Å². The lowest BCUT2D eigenvalue weighted by atomic mass is 10.1. The monoisotopic (exact) mass is 348 g/mol. The maximum atomic E-state index is 11.9. The van der Waals surface area contributed by atoms with Crippen LogP contribution in [-0.4, -0.2) is 32.1 Å². The Labute approximate surface area is 139 Å². The van der Waals surface area contributed by atoms with Crippen LogP contribution in [0.5, 0.6) is 0 Å². The van der Waals surface area contributed by atoms with E-state index in [0.717, 1.165) is 5.56 Å². The van der Waals surface area contributed by atoms with Gasteiger partial charge in [-0.25, -0.2) is 17.9 Å². The molecular weight excluding hydrogens is 332 g/mol. The molecule has 0 aromatic heterocycles. The van der Waals surface area contributed by atoms with Gasteiger partial charge < -0.3 is 10.4 Å². The Morgan fingerprint density at radius 3 is 2.17 bits per heavy atom. The summed E-state index contributed by atoms with van der Waals surface area (Å²) < 4.78 is 24.8. The highest BCUT2D eigenvalue weighted by atomic mass is 32.2. The maximum Gasteiger partial charge on any atom is 0.418 e. The van der Waals surface area contributed by atoms with Crippen LogP contribution in [-0.2, 0) is 16.4 Å². The molecule has 0 unspecified atom stereocenters. The van der Waals surface area contributed by atoms with Crippen molar-refractivity contribution >= 4 is 22.0 Å². The summed E-state index contributed by atoms with van der Waals surface area (Å²) in [7, 11) is -4.07. The van der Waals surface area contributed by atoms with Crippen molar-refractivity contribution in [3.63, 3.8) is 0 Å². The molecule has 2 amide bonds. The highest BCUT2D eigenvalue weighted by Gasteiger charge is 2.16. The summed E-state index contributed by atoms with van der Waals surface area (Å²) in [5.74, 6) is -0.180. The lowest BCUT2D eigenvalue weighted by molar-refractivity contribution is 0.0954. The van der Waals surface area contributed by atoms with Gasteiger partial charge in [-0.15, -0.1) is 0 Å². The van der Waals surface area contributed by atoms with Crippen molar-refractivity contribution in [1.82, 2.24) is 10.0 Å². The highest BCUT2D eigenvalue weighted by Crippen LogP contribution is 2.11. The number of hydrogen-bond acceptors (Lipinski definition) is 4. The molecule has 0 fully saturated rings.